The Morgan fingerprint density at radius 2 is 0.971 bits per heavy atom. The van der Waals surface area contributed by atoms with Gasteiger partial charge in [0.1, 0.15) is 0 Å². The monoisotopic (exact) mass is 482 g/mol. The van der Waals surface area contributed by atoms with E-state index in [2.05, 4.69) is 34.6 Å². The predicted octanol–water partition coefficient (Wildman–Crippen LogP) is 9.04. The lowest BCUT2D eigenvalue weighted by Crippen LogP contribution is -2.18. The lowest BCUT2D eigenvalue weighted by Gasteiger charge is -2.14. The van der Waals surface area contributed by atoms with E-state index in [9.17, 15) is 9.59 Å². The number of hydrogen-bond acceptors (Lipinski definition) is 4. The van der Waals surface area contributed by atoms with Gasteiger partial charge in [-0.05, 0) is 43.9 Å². The summed E-state index contributed by atoms with van der Waals surface area (Å²) >= 11 is 0. The molecule has 0 aromatic heterocycles. The Kier molecular flexibility index (Phi) is 22.9. The van der Waals surface area contributed by atoms with E-state index >= 15 is 0 Å². The summed E-state index contributed by atoms with van der Waals surface area (Å²) in [6, 6.07) is 0. The number of esters is 2. The van der Waals surface area contributed by atoms with Gasteiger partial charge in [0, 0.05) is 6.42 Å². The summed E-state index contributed by atoms with van der Waals surface area (Å²) in [5.74, 6) is 1.26. The molecular weight excluding hydrogens is 424 g/mol. The van der Waals surface area contributed by atoms with Gasteiger partial charge >= 0.3 is 11.9 Å². The van der Waals surface area contributed by atoms with Crippen molar-refractivity contribution in [1.29, 1.82) is 0 Å². The van der Waals surface area contributed by atoms with Gasteiger partial charge < -0.3 is 9.47 Å². The molecule has 4 heteroatoms. The number of unbranched alkanes of at least 4 members (excludes halogenated alkanes) is 12. The van der Waals surface area contributed by atoms with Crippen LogP contribution in [-0.4, -0.2) is 25.2 Å². The lowest BCUT2D eigenvalue weighted by atomic mass is 9.97. The third-order valence-electron chi connectivity index (χ3n) is 6.66. The molecule has 1 atom stereocenters. The van der Waals surface area contributed by atoms with E-state index in [0.717, 1.165) is 44.9 Å². The third-order valence-corrected chi connectivity index (χ3v) is 6.66. The molecule has 34 heavy (non-hydrogen) atoms. The molecule has 4 nitrogen and oxygen atoms in total. The molecule has 0 fully saturated rings. The average molecular weight is 483 g/mol. The van der Waals surface area contributed by atoms with Crippen LogP contribution in [0.4, 0.5) is 0 Å². The maximum absolute atomic E-state index is 12.2. The average Bonchev–Trinajstić information content (AvgIpc) is 2.78. The van der Waals surface area contributed by atoms with Crippen molar-refractivity contribution in [3.8, 4) is 0 Å². The van der Waals surface area contributed by atoms with Crippen LogP contribution >= 0.6 is 0 Å². The summed E-state index contributed by atoms with van der Waals surface area (Å²) < 4.78 is 10.7. The summed E-state index contributed by atoms with van der Waals surface area (Å²) in [6.45, 7) is 11.9. The molecule has 0 aromatic carbocycles. The molecule has 0 aromatic rings. The molecule has 0 radical (unpaired) electrons. The smallest absolute Gasteiger partial charge is 0.308 e. The van der Waals surface area contributed by atoms with E-state index in [4.69, 9.17) is 9.47 Å². The van der Waals surface area contributed by atoms with E-state index in [1.165, 1.54) is 64.2 Å². The Bertz CT molecular complexity index is 472. The van der Waals surface area contributed by atoms with Crippen LogP contribution in [-0.2, 0) is 19.1 Å². The Balaban J connectivity index is 3.38. The van der Waals surface area contributed by atoms with Gasteiger partial charge in [-0.15, -0.1) is 0 Å². The van der Waals surface area contributed by atoms with E-state index in [1.54, 1.807) is 0 Å². The van der Waals surface area contributed by atoms with Gasteiger partial charge in [-0.1, -0.05) is 112 Å². The molecular formula is C30H58O4. The summed E-state index contributed by atoms with van der Waals surface area (Å²) in [6.07, 6.45) is 20.7. The zero-order valence-electron chi connectivity index (χ0n) is 23.5. The third kappa shape index (κ3) is 22.7. The van der Waals surface area contributed by atoms with Crippen molar-refractivity contribution in [2.75, 3.05) is 13.2 Å². The fourth-order valence-electron chi connectivity index (χ4n) is 4.09. The fourth-order valence-corrected chi connectivity index (χ4v) is 4.09. The Labute approximate surface area is 212 Å². The summed E-state index contributed by atoms with van der Waals surface area (Å²) in [7, 11) is 0. The molecule has 202 valence electrons. The van der Waals surface area contributed by atoms with Crippen molar-refractivity contribution >= 4 is 11.9 Å². The van der Waals surface area contributed by atoms with Crippen LogP contribution in [0.15, 0.2) is 0 Å². The van der Waals surface area contributed by atoms with Crippen LogP contribution in [0.1, 0.15) is 150 Å². The molecule has 0 heterocycles. The SMILES string of the molecule is CCC(CCCCCCCCCCCCCCCC(=O)OCCC(C)C)C(=O)OCCC(C)C. The first-order chi connectivity index (χ1) is 16.4. The summed E-state index contributed by atoms with van der Waals surface area (Å²) in [5.41, 5.74) is 0. The lowest BCUT2D eigenvalue weighted by molar-refractivity contribution is -0.149. The maximum atomic E-state index is 12.2. The molecule has 1 unspecified atom stereocenters. The molecule has 0 aliphatic heterocycles. The zero-order valence-corrected chi connectivity index (χ0v) is 23.5. The van der Waals surface area contributed by atoms with Crippen LogP contribution in [0.25, 0.3) is 0 Å². The first kappa shape index (κ1) is 32.9. The molecule has 0 bridgehead atoms. The second kappa shape index (κ2) is 23.7. The van der Waals surface area contributed by atoms with Gasteiger partial charge in [-0.2, -0.15) is 0 Å². The van der Waals surface area contributed by atoms with E-state index in [-0.39, 0.29) is 17.9 Å². The van der Waals surface area contributed by atoms with Crippen molar-refractivity contribution in [3.05, 3.63) is 0 Å². The first-order valence-electron chi connectivity index (χ1n) is 14.7. The highest BCUT2D eigenvalue weighted by Gasteiger charge is 2.17. The largest absolute Gasteiger partial charge is 0.466 e. The highest BCUT2D eigenvalue weighted by atomic mass is 16.5. The summed E-state index contributed by atoms with van der Waals surface area (Å²) in [5, 5.41) is 0. The molecule has 0 rings (SSSR count). The van der Waals surface area contributed by atoms with Gasteiger partial charge in [0.05, 0.1) is 19.1 Å². The first-order valence-corrected chi connectivity index (χ1v) is 14.7. The molecule has 0 aliphatic carbocycles. The Morgan fingerprint density at radius 1 is 0.559 bits per heavy atom. The number of carbonyl (C=O) groups is 2. The van der Waals surface area contributed by atoms with Crippen molar-refractivity contribution in [3.63, 3.8) is 0 Å². The van der Waals surface area contributed by atoms with E-state index in [0.29, 0.717) is 31.5 Å². The van der Waals surface area contributed by atoms with Gasteiger partial charge in [-0.25, -0.2) is 0 Å². The quantitative estimate of drug-likeness (QED) is 0.102. The standard InChI is InChI=1S/C30H58O4/c1-6-28(30(32)34-25-23-27(4)5)20-18-16-14-12-10-8-7-9-11-13-15-17-19-21-29(31)33-24-22-26(2)3/h26-28H,6-25H2,1-5H3. The van der Waals surface area contributed by atoms with Crippen molar-refractivity contribution in [2.45, 2.75) is 150 Å². The van der Waals surface area contributed by atoms with Gasteiger partial charge in [0.25, 0.3) is 0 Å². The van der Waals surface area contributed by atoms with Gasteiger partial charge in [0.2, 0.25) is 0 Å². The minimum absolute atomic E-state index is 0.0164. The highest BCUT2D eigenvalue weighted by molar-refractivity contribution is 5.72. The molecule has 0 N–H and O–H groups in total. The van der Waals surface area contributed by atoms with E-state index < -0.39 is 0 Å². The second-order valence-electron chi connectivity index (χ2n) is 11.0. The van der Waals surface area contributed by atoms with Crippen molar-refractivity contribution in [1.82, 2.24) is 0 Å². The molecule has 0 spiro atoms. The highest BCUT2D eigenvalue weighted by Crippen LogP contribution is 2.18. The predicted molar refractivity (Wildman–Crippen MR) is 144 cm³/mol. The molecule has 0 aliphatic rings. The van der Waals surface area contributed by atoms with Crippen LogP contribution in [0.5, 0.6) is 0 Å². The second-order valence-corrected chi connectivity index (χ2v) is 11.0. The molecule has 0 amide bonds. The van der Waals surface area contributed by atoms with Crippen molar-refractivity contribution < 1.29 is 19.1 Å². The maximum Gasteiger partial charge on any atom is 0.308 e. The molecule has 0 saturated carbocycles. The van der Waals surface area contributed by atoms with Crippen LogP contribution in [0.3, 0.4) is 0 Å². The minimum Gasteiger partial charge on any atom is -0.466 e. The number of ether oxygens (including phenoxy) is 2. The zero-order chi connectivity index (χ0) is 25.4. The van der Waals surface area contributed by atoms with Gasteiger partial charge in [-0.3, -0.25) is 9.59 Å². The Morgan fingerprint density at radius 3 is 1.41 bits per heavy atom. The van der Waals surface area contributed by atoms with Crippen LogP contribution < -0.4 is 0 Å². The number of rotatable bonds is 24. The van der Waals surface area contributed by atoms with Crippen LogP contribution in [0.2, 0.25) is 0 Å². The number of carbonyl (C=O) groups excluding carboxylic acids is 2. The minimum atomic E-state index is -0.0227. The number of hydrogen-bond donors (Lipinski definition) is 0. The van der Waals surface area contributed by atoms with E-state index in [1.807, 2.05) is 0 Å². The van der Waals surface area contributed by atoms with Crippen LogP contribution in [0, 0.1) is 17.8 Å². The Hall–Kier alpha value is -1.06. The van der Waals surface area contributed by atoms with Crippen molar-refractivity contribution in [2.24, 2.45) is 17.8 Å². The topological polar surface area (TPSA) is 52.6 Å². The molecule has 0 saturated heterocycles. The van der Waals surface area contributed by atoms with Gasteiger partial charge in [0.15, 0.2) is 0 Å². The summed E-state index contributed by atoms with van der Waals surface area (Å²) in [4.78, 5) is 23.8. The fraction of sp³-hybridized carbons (Fsp3) is 0.933. The normalized spacial score (nSPS) is 12.3.